The van der Waals surface area contributed by atoms with Crippen molar-refractivity contribution in [2.75, 3.05) is 6.54 Å². The second-order valence-corrected chi connectivity index (χ2v) is 5.23. The number of carbonyl (C=O) groups excluding carboxylic acids is 1. The van der Waals surface area contributed by atoms with E-state index in [1.165, 1.54) is 44.9 Å². The quantitative estimate of drug-likeness (QED) is 0.761. The molecule has 0 atom stereocenters. The molecule has 0 radical (unpaired) electrons. The van der Waals surface area contributed by atoms with Crippen LogP contribution in [0.15, 0.2) is 0 Å². The third-order valence-corrected chi connectivity index (χ3v) is 4.02. The van der Waals surface area contributed by atoms with E-state index in [1.807, 2.05) is 0 Å². The van der Waals surface area contributed by atoms with Crippen molar-refractivity contribution >= 4 is 5.91 Å². The van der Waals surface area contributed by atoms with E-state index in [4.69, 9.17) is 0 Å². The highest BCUT2D eigenvalue weighted by atomic mass is 16.1. The van der Waals surface area contributed by atoms with Crippen LogP contribution in [0.4, 0.5) is 0 Å². The third kappa shape index (κ3) is 3.22. The molecule has 0 unspecified atom stereocenters. The molecule has 2 rings (SSSR count). The van der Waals surface area contributed by atoms with Gasteiger partial charge in [0.25, 0.3) is 0 Å². The Morgan fingerprint density at radius 1 is 0.933 bits per heavy atom. The molecule has 0 spiro atoms. The lowest BCUT2D eigenvalue weighted by molar-refractivity contribution is -0.125. The van der Waals surface area contributed by atoms with E-state index in [1.54, 1.807) is 0 Å². The third-order valence-electron chi connectivity index (χ3n) is 4.02. The van der Waals surface area contributed by atoms with Crippen LogP contribution in [-0.2, 0) is 4.79 Å². The number of nitrogens with one attached hydrogen (secondary N) is 1. The maximum atomic E-state index is 11.8. The van der Waals surface area contributed by atoms with Crippen molar-refractivity contribution in [3.63, 3.8) is 0 Å². The molecule has 0 aliphatic heterocycles. The van der Waals surface area contributed by atoms with E-state index < -0.39 is 0 Å². The standard InChI is InChI=1S/C13H23NO/c15-13(12-8-4-5-9-12)14-10-11-6-2-1-3-7-11/h11-12H,1-10H2,(H,14,15). The monoisotopic (exact) mass is 209 g/mol. The van der Waals surface area contributed by atoms with Gasteiger partial charge in [-0.25, -0.2) is 0 Å². The fourth-order valence-corrected chi connectivity index (χ4v) is 2.97. The minimum Gasteiger partial charge on any atom is -0.356 e. The van der Waals surface area contributed by atoms with Crippen molar-refractivity contribution < 1.29 is 4.79 Å². The zero-order chi connectivity index (χ0) is 10.5. The molecule has 2 nitrogen and oxygen atoms in total. The summed E-state index contributed by atoms with van der Waals surface area (Å²) in [6.45, 7) is 0.940. The molecule has 2 heteroatoms. The molecule has 0 aromatic carbocycles. The summed E-state index contributed by atoms with van der Waals surface area (Å²) in [5.74, 6) is 1.44. The molecule has 2 aliphatic rings. The van der Waals surface area contributed by atoms with E-state index in [0.29, 0.717) is 11.8 Å². The van der Waals surface area contributed by atoms with Crippen LogP contribution in [0.2, 0.25) is 0 Å². The van der Waals surface area contributed by atoms with Crippen LogP contribution in [0.5, 0.6) is 0 Å². The summed E-state index contributed by atoms with van der Waals surface area (Å²) in [4.78, 5) is 11.8. The summed E-state index contributed by atoms with van der Waals surface area (Å²) < 4.78 is 0. The highest BCUT2D eigenvalue weighted by molar-refractivity contribution is 5.78. The van der Waals surface area contributed by atoms with Crippen LogP contribution >= 0.6 is 0 Å². The second kappa shape index (κ2) is 5.53. The molecule has 2 fully saturated rings. The largest absolute Gasteiger partial charge is 0.356 e. The molecule has 0 aromatic heterocycles. The normalized spacial score (nSPS) is 24.3. The van der Waals surface area contributed by atoms with Crippen molar-refractivity contribution in [3.05, 3.63) is 0 Å². The van der Waals surface area contributed by atoms with Crippen LogP contribution in [0.25, 0.3) is 0 Å². The van der Waals surface area contributed by atoms with Gasteiger partial charge in [-0.1, -0.05) is 32.1 Å². The van der Waals surface area contributed by atoms with Crippen LogP contribution in [0.1, 0.15) is 57.8 Å². The van der Waals surface area contributed by atoms with Gasteiger partial charge in [-0.2, -0.15) is 0 Å². The van der Waals surface area contributed by atoms with Gasteiger partial charge in [0, 0.05) is 12.5 Å². The molecule has 2 aliphatic carbocycles. The Labute approximate surface area is 92.8 Å². The lowest BCUT2D eigenvalue weighted by Crippen LogP contribution is -2.34. The van der Waals surface area contributed by atoms with Gasteiger partial charge in [-0.05, 0) is 31.6 Å². The van der Waals surface area contributed by atoms with Gasteiger partial charge in [0.15, 0.2) is 0 Å². The Bertz CT molecular complexity index is 203. The SMILES string of the molecule is O=C(NCC1CCCCC1)C1CCCC1. The first-order valence-electron chi connectivity index (χ1n) is 6.64. The average Bonchev–Trinajstić information content (AvgIpc) is 2.81. The summed E-state index contributed by atoms with van der Waals surface area (Å²) in [6, 6.07) is 0. The first-order valence-corrected chi connectivity index (χ1v) is 6.64. The Morgan fingerprint density at radius 3 is 2.20 bits per heavy atom. The molecule has 86 valence electrons. The number of hydrogen-bond donors (Lipinski definition) is 1. The molecule has 0 aromatic rings. The number of carbonyl (C=O) groups is 1. The summed E-state index contributed by atoms with van der Waals surface area (Å²) in [5, 5.41) is 3.16. The van der Waals surface area contributed by atoms with E-state index in [0.717, 1.165) is 25.3 Å². The minimum absolute atomic E-state index is 0.332. The van der Waals surface area contributed by atoms with Gasteiger partial charge in [-0.15, -0.1) is 0 Å². The summed E-state index contributed by atoms with van der Waals surface area (Å²) >= 11 is 0. The summed E-state index contributed by atoms with van der Waals surface area (Å²) in [7, 11) is 0. The fraction of sp³-hybridized carbons (Fsp3) is 0.923. The van der Waals surface area contributed by atoms with E-state index in [9.17, 15) is 4.79 Å². The van der Waals surface area contributed by atoms with Gasteiger partial charge in [0.1, 0.15) is 0 Å². The molecule has 0 heterocycles. The Hall–Kier alpha value is -0.530. The van der Waals surface area contributed by atoms with Gasteiger partial charge in [0.2, 0.25) is 5.91 Å². The van der Waals surface area contributed by atoms with Crippen LogP contribution in [-0.4, -0.2) is 12.5 Å². The molecule has 1 amide bonds. The van der Waals surface area contributed by atoms with E-state index in [-0.39, 0.29) is 0 Å². The van der Waals surface area contributed by atoms with Crippen molar-refractivity contribution in [2.24, 2.45) is 11.8 Å². The maximum Gasteiger partial charge on any atom is 0.223 e. The lowest BCUT2D eigenvalue weighted by atomic mass is 9.89. The Kier molecular flexibility index (Phi) is 4.04. The fourth-order valence-electron chi connectivity index (χ4n) is 2.97. The zero-order valence-corrected chi connectivity index (χ0v) is 9.63. The molecule has 2 saturated carbocycles. The van der Waals surface area contributed by atoms with Crippen LogP contribution in [0, 0.1) is 11.8 Å². The van der Waals surface area contributed by atoms with E-state index in [2.05, 4.69) is 5.32 Å². The number of rotatable bonds is 3. The van der Waals surface area contributed by atoms with Gasteiger partial charge in [0.05, 0.1) is 0 Å². The molecule has 0 bridgehead atoms. The second-order valence-electron chi connectivity index (χ2n) is 5.23. The smallest absolute Gasteiger partial charge is 0.223 e. The Morgan fingerprint density at radius 2 is 1.53 bits per heavy atom. The van der Waals surface area contributed by atoms with Gasteiger partial charge >= 0.3 is 0 Å². The molecular weight excluding hydrogens is 186 g/mol. The van der Waals surface area contributed by atoms with Crippen molar-refractivity contribution in [1.82, 2.24) is 5.32 Å². The van der Waals surface area contributed by atoms with Gasteiger partial charge < -0.3 is 5.32 Å². The number of amides is 1. The van der Waals surface area contributed by atoms with Crippen LogP contribution < -0.4 is 5.32 Å². The molecule has 15 heavy (non-hydrogen) atoms. The summed E-state index contributed by atoms with van der Waals surface area (Å²) in [6.07, 6.45) is 11.5. The highest BCUT2D eigenvalue weighted by Gasteiger charge is 2.23. The number of hydrogen-bond acceptors (Lipinski definition) is 1. The van der Waals surface area contributed by atoms with Crippen molar-refractivity contribution in [1.29, 1.82) is 0 Å². The Balaban J connectivity index is 1.65. The minimum atomic E-state index is 0.332. The molecule has 1 N–H and O–H groups in total. The zero-order valence-electron chi connectivity index (χ0n) is 9.63. The topological polar surface area (TPSA) is 29.1 Å². The van der Waals surface area contributed by atoms with Crippen molar-refractivity contribution in [3.8, 4) is 0 Å². The van der Waals surface area contributed by atoms with Gasteiger partial charge in [-0.3, -0.25) is 4.79 Å². The predicted octanol–water partition coefficient (Wildman–Crippen LogP) is 2.87. The average molecular weight is 209 g/mol. The molecular formula is C13H23NO. The predicted molar refractivity (Wildman–Crippen MR) is 61.5 cm³/mol. The van der Waals surface area contributed by atoms with Crippen LogP contribution in [0.3, 0.4) is 0 Å². The first kappa shape index (κ1) is 11.0. The lowest BCUT2D eigenvalue weighted by Gasteiger charge is -2.22. The van der Waals surface area contributed by atoms with E-state index >= 15 is 0 Å². The maximum absolute atomic E-state index is 11.8. The highest BCUT2D eigenvalue weighted by Crippen LogP contribution is 2.26. The van der Waals surface area contributed by atoms with Crippen molar-refractivity contribution in [2.45, 2.75) is 57.8 Å². The first-order chi connectivity index (χ1) is 7.36. The summed E-state index contributed by atoms with van der Waals surface area (Å²) in [5.41, 5.74) is 0. The molecule has 0 saturated heterocycles.